The van der Waals surface area contributed by atoms with E-state index in [4.69, 9.17) is 4.74 Å². The molecule has 0 aliphatic carbocycles. The van der Waals surface area contributed by atoms with E-state index in [9.17, 15) is 0 Å². The minimum Gasteiger partial charge on any atom is -0.497 e. The van der Waals surface area contributed by atoms with Gasteiger partial charge in [0.2, 0.25) is 0 Å². The summed E-state index contributed by atoms with van der Waals surface area (Å²) in [7, 11) is 3.70. The highest BCUT2D eigenvalue weighted by molar-refractivity contribution is 6.09. The van der Waals surface area contributed by atoms with E-state index in [1.165, 1.54) is 21.8 Å². The van der Waals surface area contributed by atoms with Gasteiger partial charge in [0.25, 0.3) is 0 Å². The molecule has 0 radical (unpaired) electrons. The van der Waals surface area contributed by atoms with Gasteiger partial charge in [-0.15, -0.1) is 0 Å². The van der Waals surface area contributed by atoms with Gasteiger partial charge in [0.15, 0.2) is 0 Å². The molecular formula is C17H21N3O. The summed E-state index contributed by atoms with van der Waals surface area (Å²) in [6.07, 6.45) is 1.88. The van der Waals surface area contributed by atoms with Gasteiger partial charge in [-0.3, -0.25) is 4.98 Å². The third-order valence-corrected chi connectivity index (χ3v) is 4.11. The molecule has 3 aromatic rings. The number of methoxy groups -OCH3 is 1. The highest BCUT2D eigenvalue weighted by Crippen LogP contribution is 2.32. The molecule has 2 aromatic heterocycles. The van der Waals surface area contributed by atoms with Gasteiger partial charge in [-0.05, 0) is 39.1 Å². The number of rotatable bonds is 4. The van der Waals surface area contributed by atoms with Gasteiger partial charge < -0.3 is 14.6 Å². The van der Waals surface area contributed by atoms with E-state index in [1.54, 1.807) is 7.11 Å². The lowest BCUT2D eigenvalue weighted by atomic mass is 10.1. The SMILES string of the molecule is CNC(C)Cn1c2cc(OC)ccc2c2ccnc(C)c21. The van der Waals surface area contributed by atoms with Crippen molar-refractivity contribution in [1.82, 2.24) is 14.9 Å². The summed E-state index contributed by atoms with van der Waals surface area (Å²) in [6.45, 7) is 5.15. The maximum Gasteiger partial charge on any atom is 0.120 e. The predicted molar refractivity (Wildman–Crippen MR) is 87.0 cm³/mol. The van der Waals surface area contributed by atoms with Crippen molar-refractivity contribution in [2.24, 2.45) is 0 Å². The maximum absolute atomic E-state index is 5.39. The Kier molecular flexibility index (Phi) is 3.55. The average Bonchev–Trinajstić information content (AvgIpc) is 2.82. The number of hydrogen-bond donors (Lipinski definition) is 1. The number of aromatic nitrogens is 2. The molecule has 1 atom stereocenters. The lowest BCUT2D eigenvalue weighted by Gasteiger charge is -2.14. The highest BCUT2D eigenvalue weighted by atomic mass is 16.5. The largest absolute Gasteiger partial charge is 0.497 e. The second-order valence-electron chi connectivity index (χ2n) is 5.48. The Labute approximate surface area is 124 Å². The maximum atomic E-state index is 5.39. The molecule has 1 aromatic carbocycles. The van der Waals surface area contributed by atoms with Crippen molar-refractivity contribution in [3.05, 3.63) is 36.2 Å². The topological polar surface area (TPSA) is 39.1 Å². The number of likely N-dealkylation sites (N-methyl/N-ethyl adjacent to an activating group) is 1. The normalized spacial score (nSPS) is 13.0. The van der Waals surface area contributed by atoms with Gasteiger partial charge >= 0.3 is 0 Å². The van der Waals surface area contributed by atoms with Gasteiger partial charge in [-0.25, -0.2) is 0 Å². The summed E-state index contributed by atoms with van der Waals surface area (Å²) in [5.41, 5.74) is 3.47. The second-order valence-corrected chi connectivity index (χ2v) is 5.48. The fraction of sp³-hybridized carbons (Fsp3) is 0.353. The van der Waals surface area contributed by atoms with Crippen LogP contribution in [-0.4, -0.2) is 29.8 Å². The molecule has 0 amide bonds. The van der Waals surface area contributed by atoms with Gasteiger partial charge in [0.1, 0.15) is 5.75 Å². The molecule has 4 heteroatoms. The van der Waals surface area contributed by atoms with Gasteiger partial charge in [-0.1, -0.05) is 0 Å². The number of pyridine rings is 1. The third-order valence-electron chi connectivity index (χ3n) is 4.11. The Morgan fingerprint density at radius 1 is 1.29 bits per heavy atom. The minimum atomic E-state index is 0.384. The van der Waals surface area contributed by atoms with Crippen LogP contribution in [0.5, 0.6) is 5.75 Å². The summed E-state index contributed by atoms with van der Waals surface area (Å²) in [5.74, 6) is 0.884. The van der Waals surface area contributed by atoms with E-state index in [2.05, 4.69) is 46.9 Å². The fourth-order valence-electron chi connectivity index (χ4n) is 2.88. The molecule has 1 unspecified atom stereocenters. The Balaban J connectivity index is 2.36. The fourth-order valence-corrected chi connectivity index (χ4v) is 2.88. The van der Waals surface area contributed by atoms with Crippen LogP contribution in [0.2, 0.25) is 0 Å². The van der Waals surface area contributed by atoms with Crippen molar-refractivity contribution in [2.45, 2.75) is 26.4 Å². The highest BCUT2D eigenvalue weighted by Gasteiger charge is 2.15. The summed E-state index contributed by atoms with van der Waals surface area (Å²) in [4.78, 5) is 4.47. The summed E-state index contributed by atoms with van der Waals surface area (Å²) in [5, 5.41) is 5.81. The zero-order valence-electron chi connectivity index (χ0n) is 13.0. The lowest BCUT2D eigenvalue weighted by molar-refractivity contribution is 0.415. The number of benzene rings is 1. The quantitative estimate of drug-likeness (QED) is 0.799. The molecule has 110 valence electrons. The predicted octanol–water partition coefficient (Wildman–Crippen LogP) is 3.11. The Hall–Kier alpha value is -2.07. The molecule has 3 rings (SSSR count). The first-order chi connectivity index (χ1) is 10.2. The van der Waals surface area contributed by atoms with Crippen LogP contribution < -0.4 is 10.1 Å². The van der Waals surface area contributed by atoms with Crippen LogP contribution in [-0.2, 0) is 6.54 Å². The van der Waals surface area contributed by atoms with Crippen LogP contribution in [0.3, 0.4) is 0 Å². The molecule has 0 saturated carbocycles. The molecule has 0 spiro atoms. The molecule has 0 bridgehead atoms. The van der Waals surface area contributed by atoms with Crippen LogP contribution >= 0.6 is 0 Å². The number of ether oxygens (including phenoxy) is 1. The van der Waals surface area contributed by atoms with E-state index in [1.807, 2.05) is 19.3 Å². The van der Waals surface area contributed by atoms with E-state index >= 15 is 0 Å². The van der Waals surface area contributed by atoms with Crippen molar-refractivity contribution in [2.75, 3.05) is 14.2 Å². The zero-order chi connectivity index (χ0) is 15.0. The third kappa shape index (κ3) is 2.25. The van der Waals surface area contributed by atoms with Crippen LogP contribution in [0.25, 0.3) is 21.8 Å². The lowest BCUT2D eigenvalue weighted by Crippen LogP contribution is -2.26. The zero-order valence-corrected chi connectivity index (χ0v) is 13.0. The number of aryl methyl sites for hydroxylation is 1. The molecule has 21 heavy (non-hydrogen) atoms. The molecule has 2 heterocycles. The Morgan fingerprint density at radius 3 is 2.81 bits per heavy atom. The van der Waals surface area contributed by atoms with E-state index in [-0.39, 0.29) is 0 Å². The Bertz CT molecular complexity index is 791. The molecular weight excluding hydrogens is 262 g/mol. The summed E-state index contributed by atoms with van der Waals surface area (Å²) < 4.78 is 7.73. The van der Waals surface area contributed by atoms with Crippen molar-refractivity contribution < 1.29 is 4.74 Å². The number of hydrogen-bond acceptors (Lipinski definition) is 3. The van der Waals surface area contributed by atoms with Crippen molar-refractivity contribution >= 4 is 21.8 Å². The molecule has 4 nitrogen and oxygen atoms in total. The van der Waals surface area contributed by atoms with Crippen molar-refractivity contribution in [3.63, 3.8) is 0 Å². The average molecular weight is 283 g/mol. The van der Waals surface area contributed by atoms with Gasteiger partial charge in [0, 0.05) is 35.6 Å². The Morgan fingerprint density at radius 2 is 2.10 bits per heavy atom. The van der Waals surface area contributed by atoms with E-state index in [0.29, 0.717) is 6.04 Å². The number of nitrogens with one attached hydrogen (secondary N) is 1. The van der Waals surface area contributed by atoms with Crippen molar-refractivity contribution in [3.8, 4) is 5.75 Å². The van der Waals surface area contributed by atoms with Gasteiger partial charge in [-0.2, -0.15) is 0 Å². The standard InChI is InChI=1S/C17H21N3O/c1-11(18-3)10-20-16-9-13(21-4)5-6-14(16)15-7-8-19-12(2)17(15)20/h5-9,11,18H,10H2,1-4H3. The molecule has 1 N–H and O–H groups in total. The molecule has 0 saturated heterocycles. The van der Waals surface area contributed by atoms with Gasteiger partial charge in [0.05, 0.1) is 23.8 Å². The first-order valence-corrected chi connectivity index (χ1v) is 7.24. The molecule has 0 fully saturated rings. The summed E-state index contributed by atoms with van der Waals surface area (Å²) >= 11 is 0. The molecule has 0 aliphatic heterocycles. The van der Waals surface area contributed by atoms with Crippen LogP contribution in [0.1, 0.15) is 12.6 Å². The summed E-state index contributed by atoms with van der Waals surface area (Å²) in [6, 6.07) is 8.74. The monoisotopic (exact) mass is 283 g/mol. The number of fused-ring (bicyclic) bond motifs is 3. The van der Waals surface area contributed by atoms with Crippen LogP contribution in [0.4, 0.5) is 0 Å². The van der Waals surface area contributed by atoms with Crippen molar-refractivity contribution in [1.29, 1.82) is 0 Å². The second kappa shape index (κ2) is 5.37. The van der Waals surface area contributed by atoms with E-state index < -0.39 is 0 Å². The smallest absolute Gasteiger partial charge is 0.120 e. The minimum absolute atomic E-state index is 0.384. The van der Waals surface area contributed by atoms with E-state index in [0.717, 1.165) is 18.0 Å². The first kappa shape index (κ1) is 13.9. The van der Waals surface area contributed by atoms with Crippen LogP contribution in [0, 0.1) is 6.92 Å². The number of nitrogens with zero attached hydrogens (tertiary/aromatic N) is 2. The molecule has 0 aliphatic rings. The first-order valence-electron chi connectivity index (χ1n) is 7.24. The van der Waals surface area contributed by atoms with Crippen LogP contribution in [0.15, 0.2) is 30.5 Å².